The molecule has 2 aromatic carbocycles. The van der Waals surface area contributed by atoms with Gasteiger partial charge in [0.25, 0.3) is 5.56 Å². The van der Waals surface area contributed by atoms with E-state index in [-0.39, 0.29) is 5.82 Å². The molecule has 0 saturated heterocycles. The van der Waals surface area contributed by atoms with E-state index in [1.165, 1.54) is 15.9 Å². The molecule has 0 saturated carbocycles. The number of benzene rings is 2. The van der Waals surface area contributed by atoms with Crippen molar-refractivity contribution in [2.24, 2.45) is 4.99 Å². The average molecular weight is 460 g/mol. The lowest BCUT2D eigenvalue weighted by Crippen LogP contribution is -2.17. The Bertz CT molecular complexity index is 1520. The van der Waals surface area contributed by atoms with E-state index < -0.39 is 5.56 Å². The predicted octanol–water partition coefficient (Wildman–Crippen LogP) is 3.99. The summed E-state index contributed by atoms with van der Waals surface area (Å²) in [6, 6.07) is 13.5. The number of nitrogens with zero attached hydrogens (tertiary/aromatic N) is 4. The van der Waals surface area contributed by atoms with Crippen molar-refractivity contribution in [2.45, 2.75) is 13.3 Å². The topological polar surface area (TPSA) is 104 Å². The second-order valence-electron chi connectivity index (χ2n) is 7.54. The normalized spacial score (nSPS) is 13.9. The van der Waals surface area contributed by atoms with Crippen LogP contribution in [0.3, 0.4) is 0 Å². The van der Waals surface area contributed by atoms with Crippen LogP contribution in [0.5, 0.6) is 11.5 Å². The Balaban J connectivity index is 1.54. The highest BCUT2D eigenvalue weighted by molar-refractivity contribution is 7.16. The number of fused-ring (bicyclic) bond motifs is 2. The quantitative estimate of drug-likeness (QED) is 0.484. The molecule has 2 N–H and O–H groups in total. The van der Waals surface area contributed by atoms with Gasteiger partial charge in [-0.2, -0.15) is 14.6 Å². The number of rotatable bonds is 5. The summed E-state index contributed by atoms with van der Waals surface area (Å²) >= 11 is 1.33. The van der Waals surface area contributed by atoms with Crippen LogP contribution in [0.15, 0.2) is 52.3 Å². The summed E-state index contributed by atoms with van der Waals surface area (Å²) in [5.41, 5.74) is 10.8. The monoisotopic (exact) mass is 459 g/mol. The Hall–Kier alpha value is -3.98. The SMILES string of the molecule is COc1ccc(Cc2nn3c(N)c(/C=C4/C(C)=Nc5ccccc54)c(=O)nc3s2)cc1OC. The minimum atomic E-state index is -0.390. The number of allylic oxidation sites excluding steroid dienone is 1. The third kappa shape index (κ3) is 3.66. The number of ether oxygens (including phenoxy) is 2. The Labute approximate surface area is 193 Å². The maximum absolute atomic E-state index is 12.8. The van der Waals surface area contributed by atoms with Gasteiger partial charge in [-0.1, -0.05) is 35.6 Å². The zero-order valence-corrected chi connectivity index (χ0v) is 19.1. The molecule has 33 heavy (non-hydrogen) atoms. The van der Waals surface area contributed by atoms with Crippen molar-refractivity contribution in [1.29, 1.82) is 0 Å². The number of anilines is 1. The van der Waals surface area contributed by atoms with Crippen LogP contribution in [-0.2, 0) is 6.42 Å². The fraction of sp³-hybridized carbons (Fsp3) is 0.167. The van der Waals surface area contributed by atoms with Gasteiger partial charge in [-0.05, 0) is 36.8 Å². The number of hydrogen-bond donors (Lipinski definition) is 1. The second kappa shape index (κ2) is 8.18. The first-order valence-corrected chi connectivity index (χ1v) is 11.1. The lowest BCUT2D eigenvalue weighted by molar-refractivity contribution is 0.354. The minimum Gasteiger partial charge on any atom is -0.493 e. The molecule has 2 aromatic heterocycles. The lowest BCUT2D eigenvalue weighted by atomic mass is 10.0. The molecule has 1 aliphatic heterocycles. The van der Waals surface area contributed by atoms with E-state index in [1.807, 2.05) is 49.4 Å². The Morgan fingerprint density at radius 2 is 1.91 bits per heavy atom. The van der Waals surface area contributed by atoms with Crippen LogP contribution in [0.2, 0.25) is 0 Å². The van der Waals surface area contributed by atoms with Crippen molar-refractivity contribution >= 4 is 45.2 Å². The molecule has 0 spiro atoms. The molecule has 1 aliphatic rings. The van der Waals surface area contributed by atoms with E-state index in [2.05, 4.69) is 15.1 Å². The van der Waals surface area contributed by atoms with E-state index in [4.69, 9.17) is 15.2 Å². The fourth-order valence-electron chi connectivity index (χ4n) is 3.85. The van der Waals surface area contributed by atoms with E-state index in [0.29, 0.717) is 28.4 Å². The van der Waals surface area contributed by atoms with Crippen LogP contribution in [0.4, 0.5) is 11.5 Å². The van der Waals surface area contributed by atoms with Crippen molar-refractivity contribution in [3.05, 3.63) is 74.5 Å². The number of hydrogen-bond acceptors (Lipinski definition) is 8. The molecule has 0 unspecified atom stereocenters. The second-order valence-corrected chi connectivity index (χ2v) is 8.59. The third-order valence-electron chi connectivity index (χ3n) is 5.50. The van der Waals surface area contributed by atoms with Gasteiger partial charge in [0.05, 0.1) is 25.5 Å². The van der Waals surface area contributed by atoms with Crippen molar-refractivity contribution in [3.63, 3.8) is 0 Å². The Morgan fingerprint density at radius 1 is 1.12 bits per heavy atom. The standard InChI is InChI=1S/C24H21N5O3S/c1-13-16(15-6-4-5-7-18(15)26-13)12-17-22(25)29-24(27-23(17)30)33-21(28-29)11-14-8-9-19(31-2)20(10-14)32-3/h4-10,12H,11,25H2,1-3H3/b16-12-. The first-order chi connectivity index (χ1) is 16.0. The van der Waals surface area contributed by atoms with E-state index >= 15 is 0 Å². The van der Waals surface area contributed by atoms with Crippen molar-refractivity contribution in [2.75, 3.05) is 20.0 Å². The van der Waals surface area contributed by atoms with Gasteiger partial charge >= 0.3 is 0 Å². The van der Waals surface area contributed by atoms with E-state index in [1.54, 1.807) is 20.3 Å². The number of aliphatic imine (C=N–C) groups is 1. The van der Waals surface area contributed by atoms with Gasteiger partial charge in [0, 0.05) is 23.3 Å². The van der Waals surface area contributed by atoms with E-state index in [9.17, 15) is 4.79 Å². The van der Waals surface area contributed by atoms with Gasteiger partial charge in [0.1, 0.15) is 10.8 Å². The molecular weight excluding hydrogens is 438 g/mol. The summed E-state index contributed by atoms with van der Waals surface area (Å²) in [5.74, 6) is 1.56. The molecule has 5 rings (SSSR count). The maximum Gasteiger partial charge on any atom is 0.283 e. The van der Waals surface area contributed by atoms with Gasteiger partial charge in [0.15, 0.2) is 11.5 Å². The van der Waals surface area contributed by atoms with Crippen LogP contribution < -0.4 is 20.8 Å². The van der Waals surface area contributed by atoms with Crippen molar-refractivity contribution in [3.8, 4) is 11.5 Å². The van der Waals surface area contributed by atoms with Crippen LogP contribution in [0, 0.1) is 0 Å². The number of methoxy groups -OCH3 is 2. The first kappa shape index (κ1) is 20.9. The number of nitrogens with two attached hydrogens (primary N) is 1. The molecule has 8 nitrogen and oxygen atoms in total. The van der Waals surface area contributed by atoms with Gasteiger partial charge in [-0.25, -0.2) is 0 Å². The summed E-state index contributed by atoms with van der Waals surface area (Å²) in [6.07, 6.45) is 2.30. The molecule has 0 aliphatic carbocycles. The molecule has 3 heterocycles. The first-order valence-electron chi connectivity index (χ1n) is 10.2. The largest absolute Gasteiger partial charge is 0.493 e. The molecule has 0 radical (unpaired) electrons. The van der Waals surface area contributed by atoms with Gasteiger partial charge < -0.3 is 15.2 Å². The van der Waals surface area contributed by atoms with Gasteiger partial charge in [-0.3, -0.25) is 9.79 Å². The Morgan fingerprint density at radius 3 is 2.70 bits per heavy atom. The zero-order valence-electron chi connectivity index (χ0n) is 18.3. The van der Waals surface area contributed by atoms with Crippen LogP contribution >= 0.6 is 11.3 Å². The molecule has 0 amide bonds. The predicted molar refractivity (Wildman–Crippen MR) is 131 cm³/mol. The highest BCUT2D eigenvalue weighted by atomic mass is 32.1. The van der Waals surface area contributed by atoms with Crippen LogP contribution in [-0.4, -0.2) is 34.5 Å². The summed E-state index contributed by atoms with van der Waals surface area (Å²) in [4.78, 5) is 22.1. The number of para-hydroxylation sites is 1. The van der Waals surface area contributed by atoms with Gasteiger partial charge in [-0.15, -0.1) is 0 Å². The minimum absolute atomic E-state index is 0.254. The third-order valence-corrected chi connectivity index (χ3v) is 6.41. The van der Waals surface area contributed by atoms with E-state index in [0.717, 1.165) is 33.1 Å². The highest BCUT2D eigenvalue weighted by Crippen LogP contribution is 2.36. The molecule has 4 aromatic rings. The number of aromatic nitrogens is 3. The summed E-state index contributed by atoms with van der Waals surface area (Å²) in [7, 11) is 3.20. The van der Waals surface area contributed by atoms with Crippen molar-refractivity contribution in [1.82, 2.24) is 14.6 Å². The van der Waals surface area contributed by atoms with Crippen molar-refractivity contribution < 1.29 is 9.47 Å². The van der Waals surface area contributed by atoms with Crippen LogP contribution in [0.1, 0.15) is 28.6 Å². The molecular formula is C24H21N5O3S. The molecule has 0 fully saturated rings. The summed E-state index contributed by atoms with van der Waals surface area (Å²) < 4.78 is 12.2. The average Bonchev–Trinajstić information content (AvgIpc) is 3.36. The van der Waals surface area contributed by atoms with Gasteiger partial charge in [0.2, 0.25) is 4.96 Å². The molecule has 0 atom stereocenters. The maximum atomic E-state index is 12.8. The number of nitrogen functional groups attached to an aromatic ring is 1. The van der Waals surface area contributed by atoms with Crippen LogP contribution in [0.25, 0.3) is 16.6 Å². The highest BCUT2D eigenvalue weighted by Gasteiger charge is 2.20. The smallest absolute Gasteiger partial charge is 0.283 e. The zero-order chi connectivity index (χ0) is 23.1. The Kier molecular flexibility index (Phi) is 5.18. The fourth-order valence-corrected chi connectivity index (χ4v) is 4.78. The molecule has 0 bridgehead atoms. The molecule has 9 heteroatoms. The summed E-state index contributed by atoms with van der Waals surface area (Å²) in [5, 5.41) is 5.40. The molecule has 166 valence electrons. The lowest BCUT2D eigenvalue weighted by Gasteiger charge is -2.08. The summed E-state index contributed by atoms with van der Waals surface area (Å²) in [6.45, 7) is 1.91.